The summed E-state index contributed by atoms with van der Waals surface area (Å²) in [5.41, 5.74) is 3.96. The molecule has 0 heterocycles. The molecule has 4 rings (SSSR count). The van der Waals surface area contributed by atoms with Gasteiger partial charge in [-0.15, -0.1) is 0 Å². The monoisotopic (exact) mass is 396 g/mol. The Balaban J connectivity index is 1.77. The Morgan fingerprint density at radius 3 is 2.40 bits per heavy atom. The molecule has 3 aromatic rings. The second kappa shape index (κ2) is 7.75. The minimum atomic E-state index is -0.968. The van der Waals surface area contributed by atoms with Crippen molar-refractivity contribution in [2.75, 3.05) is 0 Å². The third-order valence-electron chi connectivity index (χ3n) is 5.61. The fraction of sp³-hybridized carbons (Fsp3) is 0.185. The van der Waals surface area contributed by atoms with E-state index in [0.29, 0.717) is 5.56 Å². The Morgan fingerprint density at radius 2 is 1.70 bits per heavy atom. The molecule has 0 saturated carbocycles. The summed E-state index contributed by atoms with van der Waals surface area (Å²) >= 11 is 0. The number of allylic oxidation sites excluding steroid dienone is 4. The maximum Gasteiger partial charge on any atom is 0.335 e. The molecule has 0 amide bonds. The van der Waals surface area contributed by atoms with Gasteiger partial charge in [-0.2, -0.15) is 0 Å². The average molecular weight is 396 g/mol. The summed E-state index contributed by atoms with van der Waals surface area (Å²) in [6, 6.07) is 18.6. The number of hydrogen-bond acceptors (Lipinski definition) is 2. The first-order valence-corrected chi connectivity index (χ1v) is 10.1. The Hall–Kier alpha value is -3.46. The molecule has 3 aromatic carbocycles. The highest BCUT2D eigenvalue weighted by Crippen LogP contribution is 2.39. The Bertz CT molecular complexity index is 1190. The number of fused-ring (bicyclic) bond motifs is 1. The van der Waals surface area contributed by atoms with Crippen LogP contribution in [0.4, 0.5) is 0 Å². The molecule has 150 valence electrons. The number of benzene rings is 3. The summed E-state index contributed by atoms with van der Waals surface area (Å²) in [5.74, 6) is -0.934. The highest BCUT2D eigenvalue weighted by molar-refractivity contribution is 6.08. The van der Waals surface area contributed by atoms with E-state index in [-0.39, 0.29) is 23.2 Å². The van der Waals surface area contributed by atoms with Crippen LogP contribution in [0.15, 0.2) is 78.9 Å². The summed E-state index contributed by atoms with van der Waals surface area (Å²) in [6.07, 6.45) is 7.50. The number of carboxylic acids is 1. The summed E-state index contributed by atoms with van der Waals surface area (Å²) in [5, 5.41) is 11.3. The molecule has 0 aliphatic heterocycles. The number of carbonyl (C=O) groups excluding carboxylic acids is 1. The SMILES string of the molecule is CC1(C)C=CC=C(c2c(C(=O)Cc3ccc(C(=O)O)cc3)ccc3ccccc23)C1. The quantitative estimate of drug-likeness (QED) is 0.513. The van der Waals surface area contributed by atoms with Crippen molar-refractivity contribution in [1.82, 2.24) is 0 Å². The number of Topliss-reactive ketones (excluding diaryl/α,β-unsaturated/α-hetero) is 1. The van der Waals surface area contributed by atoms with E-state index in [4.69, 9.17) is 5.11 Å². The molecule has 0 radical (unpaired) electrons. The van der Waals surface area contributed by atoms with Gasteiger partial charge in [0.2, 0.25) is 0 Å². The number of hydrogen-bond donors (Lipinski definition) is 1. The van der Waals surface area contributed by atoms with Crippen molar-refractivity contribution < 1.29 is 14.7 Å². The number of rotatable bonds is 5. The van der Waals surface area contributed by atoms with Crippen molar-refractivity contribution in [3.8, 4) is 0 Å². The van der Waals surface area contributed by atoms with Crippen molar-refractivity contribution in [2.45, 2.75) is 26.7 Å². The van der Waals surface area contributed by atoms with Crippen molar-refractivity contribution in [1.29, 1.82) is 0 Å². The molecule has 3 heteroatoms. The lowest BCUT2D eigenvalue weighted by Crippen LogP contribution is -2.14. The van der Waals surface area contributed by atoms with Gasteiger partial charge in [0, 0.05) is 12.0 Å². The second-order valence-electron chi connectivity index (χ2n) is 8.53. The van der Waals surface area contributed by atoms with Gasteiger partial charge in [-0.25, -0.2) is 4.79 Å². The summed E-state index contributed by atoms with van der Waals surface area (Å²) < 4.78 is 0. The van der Waals surface area contributed by atoms with E-state index in [1.165, 1.54) is 5.57 Å². The zero-order valence-electron chi connectivity index (χ0n) is 17.2. The Kier molecular flexibility index (Phi) is 5.13. The van der Waals surface area contributed by atoms with Gasteiger partial charge in [0.05, 0.1) is 5.56 Å². The van der Waals surface area contributed by atoms with Crippen molar-refractivity contribution in [2.24, 2.45) is 5.41 Å². The van der Waals surface area contributed by atoms with Crippen LogP contribution in [0.1, 0.15) is 52.1 Å². The van der Waals surface area contributed by atoms with Crippen LogP contribution in [0.25, 0.3) is 16.3 Å². The molecule has 0 saturated heterocycles. The first-order valence-electron chi connectivity index (χ1n) is 10.1. The van der Waals surface area contributed by atoms with Crippen molar-refractivity contribution >= 4 is 28.1 Å². The lowest BCUT2D eigenvalue weighted by atomic mass is 9.77. The predicted molar refractivity (Wildman–Crippen MR) is 121 cm³/mol. The van der Waals surface area contributed by atoms with Gasteiger partial charge in [-0.05, 0) is 51.4 Å². The third kappa shape index (κ3) is 3.97. The minimum Gasteiger partial charge on any atom is -0.478 e. The molecule has 0 spiro atoms. The van der Waals surface area contributed by atoms with Crippen LogP contribution in [0, 0.1) is 5.41 Å². The van der Waals surface area contributed by atoms with Gasteiger partial charge in [0.15, 0.2) is 5.78 Å². The molecular formula is C27H24O3. The normalized spacial score (nSPS) is 15.1. The molecule has 1 aliphatic rings. The largest absolute Gasteiger partial charge is 0.478 e. The number of carboxylic acid groups (broad SMARTS) is 1. The predicted octanol–water partition coefficient (Wildman–Crippen LogP) is 6.33. The molecule has 0 fully saturated rings. The van der Waals surface area contributed by atoms with E-state index in [0.717, 1.165) is 28.3 Å². The van der Waals surface area contributed by atoms with Gasteiger partial charge < -0.3 is 5.11 Å². The van der Waals surface area contributed by atoms with Gasteiger partial charge >= 0.3 is 5.97 Å². The van der Waals surface area contributed by atoms with Crippen LogP contribution in [-0.4, -0.2) is 16.9 Å². The van der Waals surface area contributed by atoms with E-state index in [9.17, 15) is 9.59 Å². The van der Waals surface area contributed by atoms with E-state index < -0.39 is 5.97 Å². The minimum absolute atomic E-state index is 0.0343. The van der Waals surface area contributed by atoms with Crippen molar-refractivity contribution in [3.05, 3.63) is 101 Å². The van der Waals surface area contributed by atoms with Crippen LogP contribution in [0.5, 0.6) is 0 Å². The molecule has 0 bridgehead atoms. The first kappa shape index (κ1) is 19.8. The lowest BCUT2D eigenvalue weighted by Gasteiger charge is -2.27. The van der Waals surface area contributed by atoms with Crippen molar-refractivity contribution in [3.63, 3.8) is 0 Å². The highest BCUT2D eigenvalue weighted by Gasteiger charge is 2.24. The van der Waals surface area contributed by atoms with E-state index in [2.05, 4.69) is 44.2 Å². The summed E-state index contributed by atoms with van der Waals surface area (Å²) in [7, 11) is 0. The highest BCUT2D eigenvalue weighted by atomic mass is 16.4. The van der Waals surface area contributed by atoms with Crippen LogP contribution < -0.4 is 0 Å². The maximum absolute atomic E-state index is 13.3. The van der Waals surface area contributed by atoms with Gasteiger partial charge in [-0.3, -0.25) is 4.79 Å². The lowest BCUT2D eigenvalue weighted by molar-refractivity contribution is 0.0696. The van der Waals surface area contributed by atoms with Crippen LogP contribution >= 0.6 is 0 Å². The fourth-order valence-electron chi connectivity index (χ4n) is 4.10. The summed E-state index contributed by atoms with van der Waals surface area (Å²) in [6.45, 7) is 4.40. The average Bonchev–Trinajstić information content (AvgIpc) is 2.72. The zero-order valence-corrected chi connectivity index (χ0v) is 17.2. The van der Waals surface area contributed by atoms with Crippen LogP contribution in [-0.2, 0) is 6.42 Å². The molecule has 3 nitrogen and oxygen atoms in total. The fourth-order valence-corrected chi connectivity index (χ4v) is 4.10. The molecule has 0 unspecified atom stereocenters. The molecule has 1 N–H and O–H groups in total. The summed E-state index contributed by atoms with van der Waals surface area (Å²) in [4.78, 5) is 24.4. The number of aromatic carboxylic acids is 1. The molecule has 0 aromatic heterocycles. The maximum atomic E-state index is 13.3. The van der Waals surface area contributed by atoms with E-state index in [1.807, 2.05) is 24.3 Å². The molecular weight excluding hydrogens is 372 g/mol. The second-order valence-corrected chi connectivity index (χ2v) is 8.53. The standard InChI is InChI=1S/C27H24O3/c1-27(2)15-5-7-21(17-27)25-22-8-4-3-6-19(22)13-14-23(25)24(28)16-18-9-11-20(12-10-18)26(29)30/h3-15H,16-17H2,1-2H3,(H,29,30). The Labute approximate surface area is 176 Å². The molecule has 0 atom stereocenters. The zero-order chi connectivity index (χ0) is 21.3. The van der Waals surface area contributed by atoms with Gasteiger partial charge in [-0.1, -0.05) is 80.6 Å². The van der Waals surface area contributed by atoms with Gasteiger partial charge in [0.25, 0.3) is 0 Å². The number of carbonyl (C=O) groups is 2. The first-order chi connectivity index (χ1) is 14.3. The van der Waals surface area contributed by atoms with E-state index in [1.54, 1.807) is 24.3 Å². The van der Waals surface area contributed by atoms with Crippen LogP contribution in [0.3, 0.4) is 0 Å². The van der Waals surface area contributed by atoms with E-state index >= 15 is 0 Å². The Morgan fingerprint density at radius 1 is 0.967 bits per heavy atom. The van der Waals surface area contributed by atoms with Crippen LogP contribution in [0.2, 0.25) is 0 Å². The number of ketones is 1. The smallest absolute Gasteiger partial charge is 0.335 e. The molecule has 1 aliphatic carbocycles. The molecule has 30 heavy (non-hydrogen) atoms. The third-order valence-corrected chi connectivity index (χ3v) is 5.61. The van der Waals surface area contributed by atoms with Gasteiger partial charge in [0.1, 0.15) is 0 Å². The topological polar surface area (TPSA) is 54.4 Å².